The van der Waals surface area contributed by atoms with E-state index in [-0.39, 0.29) is 5.82 Å². The van der Waals surface area contributed by atoms with Crippen LogP contribution < -0.4 is 11.1 Å². The van der Waals surface area contributed by atoms with Crippen LogP contribution in [0.25, 0.3) is 0 Å². The average Bonchev–Trinajstić information content (AvgIpc) is 2.35. The number of nitrogens with one attached hydrogen (secondary N) is 1. The van der Waals surface area contributed by atoms with Gasteiger partial charge in [-0.1, -0.05) is 36.5 Å². The Bertz CT molecular complexity index is 618. The van der Waals surface area contributed by atoms with Gasteiger partial charge in [0.15, 0.2) is 0 Å². The Balaban J connectivity index is 2.52. The molecule has 2 rings (SSSR count). The molecule has 19 heavy (non-hydrogen) atoms. The van der Waals surface area contributed by atoms with Gasteiger partial charge in [0.25, 0.3) is 0 Å². The van der Waals surface area contributed by atoms with Crippen LogP contribution in [0.1, 0.15) is 16.7 Å². The van der Waals surface area contributed by atoms with E-state index in [4.69, 9.17) is 18.0 Å². The van der Waals surface area contributed by atoms with E-state index in [0.29, 0.717) is 10.7 Å². The molecule has 4 heteroatoms. The molecule has 0 amide bonds. The molecule has 0 saturated heterocycles. The molecule has 0 aliphatic carbocycles. The predicted molar refractivity (Wildman–Crippen MR) is 81.5 cm³/mol. The monoisotopic (exact) mass is 274 g/mol. The number of hydrogen-bond acceptors (Lipinski definition) is 2. The number of para-hydroxylation sites is 2. The molecule has 0 aliphatic heterocycles. The SMILES string of the molecule is Cc1cccc(F)c1Nc1c(C)cccc1C(N)=S. The lowest BCUT2D eigenvalue weighted by Crippen LogP contribution is -2.13. The lowest BCUT2D eigenvalue weighted by atomic mass is 10.1. The first-order valence-corrected chi connectivity index (χ1v) is 6.33. The van der Waals surface area contributed by atoms with E-state index >= 15 is 0 Å². The molecule has 0 radical (unpaired) electrons. The third kappa shape index (κ3) is 2.74. The van der Waals surface area contributed by atoms with Crippen LogP contribution in [-0.2, 0) is 0 Å². The summed E-state index contributed by atoms with van der Waals surface area (Å²) in [5, 5.41) is 3.12. The fourth-order valence-corrected chi connectivity index (χ4v) is 2.12. The summed E-state index contributed by atoms with van der Waals surface area (Å²) >= 11 is 5.04. The van der Waals surface area contributed by atoms with Gasteiger partial charge in [-0.25, -0.2) is 4.39 Å². The maximum atomic E-state index is 13.9. The highest BCUT2D eigenvalue weighted by Gasteiger charge is 2.11. The minimum atomic E-state index is -0.294. The van der Waals surface area contributed by atoms with Gasteiger partial charge in [-0.15, -0.1) is 0 Å². The van der Waals surface area contributed by atoms with Gasteiger partial charge in [-0.05, 0) is 37.1 Å². The summed E-state index contributed by atoms with van der Waals surface area (Å²) in [4.78, 5) is 0.292. The van der Waals surface area contributed by atoms with E-state index in [1.807, 2.05) is 38.1 Å². The highest BCUT2D eigenvalue weighted by atomic mass is 32.1. The Hall–Kier alpha value is -1.94. The molecular formula is C15H15FN2S. The van der Waals surface area contributed by atoms with Crippen molar-refractivity contribution in [2.75, 3.05) is 5.32 Å². The molecule has 0 bridgehead atoms. The average molecular weight is 274 g/mol. The molecule has 0 atom stereocenters. The molecule has 3 N–H and O–H groups in total. The van der Waals surface area contributed by atoms with E-state index in [9.17, 15) is 4.39 Å². The van der Waals surface area contributed by atoms with Gasteiger partial charge in [0.05, 0.1) is 11.4 Å². The number of halogens is 1. The van der Waals surface area contributed by atoms with Gasteiger partial charge < -0.3 is 11.1 Å². The van der Waals surface area contributed by atoms with Gasteiger partial charge in [0.2, 0.25) is 0 Å². The van der Waals surface area contributed by atoms with E-state index in [0.717, 1.165) is 22.4 Å². The quantitative estimate of drug-likeness (QED) is 0.836. The van der Waals surface area contributed by atoms with Crippen molar-refractivity contribution < 1.29 is 4.39 Å². The summed E-state index contributed by atoms with van der Waals surface area (Å²) in [6.45, 7) is 3.78. The van der Waals surface area contributed by atoms with E-state index in [2.05, 4.69) is 5.32 Å². The molecule has 0 saturated carbocycles. The third-order valence-corrected chi connectivity index (χ3v) is 3.23. The minimum Gasteiger partial charge on any atom is -0.389 e. The van der Waals surface area contributed by atoms with Gasteiger partial charge >= 0.3 is 0 Å². The van der Waals surface area contributed by atoms with Gasteiger partial charge in [-0.3, -0.25) is 0 Å². The van der Waals surface area contributed by atoms with E-state index < -0.39 is 0 Å². The lowest BCUT2D eigenvalue weighted by Gasteiger charge is -2.16. The summed E-state index contributed by atoms with van der Waals surface area (Å²) < 4.78 is 13.9. The Kier molecular flexibility index (Phi) is 3.81. The van der Waals surface area contributed by atoms with Crippen LogP contribution in [0, 0.1) is 19.7 Å². The summed E-state index contributed by atoms with van der Waals surface area (Å²) in [6, 6.07) is 10.6. The van der Waals surface area contributed by atoms with Gasteiger partial charge in [0.1, 0.15) is 10.8 Å². The van der Waals surface area contributed by atoms with Crippen molar-refractivity contribution in [3.8, 4) is 0 Å². The van der Waals surface area contributed by atoms with Crippen LogP contribution in [0.15, 0.2) is 36.4 Å². The molecule has 0 aliphatic rings. The zero-order chi connectivity index (χ0) is 14.0. The summed E-state index contributed by atoms with van der Waals surface area (Å²) in [5.74, 6) is -0.294. The van der Waals surface area contributed by atoms with Crippen LogP contribution in [0.2, 0.25) is 0 Å². The third-order valence-electron chi connectivity index (χ3n) is 3.01. The Morgan fingerprint density at radius 3 is 2.21 bits per heavy atom. The Morgan fingerprint density at radius 1 is 1.05 bits per heavy atom. The molecule has 2 nitrogen and oxygen atoms in total. The molecular weight excluding hydrogens is 259 g/mol. The van der Waals surface area contributed by atoms with Crippen LogP contribution in [-0.4, -0.2) is 4.99 Å². The van der Waals surface area contributed by atoms with Crippen molar-refractivity contribution in [2.45, 2.75) is 13.8 Å². The first-order valence-electron chi connectivity index (χ1n) is 5.92. The standard InChI is InChI=1S/C15H15FN2S/c1-9-5-3-7-11(15(17)19)13(9)18-14-10(2)6-4-8-12(14)16/h3-8,18H,1-2H3,(H2,17,19). The van der Waals surface area contributed by atoms with Crippen molar-refractivity contribution in [3.63, 3.8) is 0 Å². The number of rotatable bonds is 3. The number of anilines is 2. The van der Waals surface area contributed by atoms with Crippen LogP contribution >= 0.6 is 12.2 Å². The second kappa shape index (κ2) is 5.36. The number of nitrogens with two attached hydrogens (primary N) is 1. The normalized spacial score (nSPS) is 10.3. The van der Waals surface area contributed by atoms with Crippen molar-refractivity contribution in [3.05, 3.63) is 58.9 Å². The van der Waals surface area contributed by atoms with Gasteiger partial charge in [0, 0.05) is 5.56 Å². The largest absolute Gasteiger partial charge is 0.389 e. The maximum absolute atomic E-state index is 13.9. The van der Waals surface area contributed by atoms with Crippen LogP contribution in [0.3, 0.4) is 0 Å². The first-order chi connectivity index (χ1) is 9.00. The zero-order valence-electron chi connectivity index (χ0n) is 10.8. The smallest absolute Gasteiger partial charge is 0.146 e. The molecule has 2 aromatic rings. The fourth-order valence-electron chi connectivity index (χ4n) is 1.95. The molecule has 98 valence electrons. The highest BCUT2D eigenvalue weighted by molar-refractivity contribution is 7.80. The van der Waals surface area contributed by atoms with Crippen LogP contribution in [0.4, 0.5) is 15.8 Å². The van der Waals surface area contributed by atoms with Gasteiger partial charge in [-0.2, -0.15) is 0 Å². The molecule has 0 aromatic heterocycles. The highest BCUT2D eigenvalue weighted by Crippen LogP contribution is 2.28. The lowest BCUT2D eigenvalue weighted by molar-refractivity contribution is 0.631. The van der Waals surface area contributed by atoms with Crippen molar-refractivity contribution >= 4 is 28.6 Å². The number of benzene rings is 2. The second-order valence-electron chi connectivity index (χ2n) is 4.42. The molecule has 0 heterocycles. The molecule has 0 unspecified atom stereocenters. The fraction of sp³-hybridized carbons (Fsp3) is 0.133. The molecule has 0 spiro atoms. The second-order valence-corrected chi connectivity index (χ2v) is 4.86. The molecule has 0 fully saturated rings. The number of aryl methyl sites for hydroxylation is 2. The van der Waals surface area contributed by atoms with Crippen LogP contribution in [0.5, 0.6) is 0 Å². The number of thiocarbonyl (C=S) groups is 1. The van der Waals surface area contributed by atoms with E-state index in [1.165, 1.54) is 6.07 Å². The zero-order valence-corrected chi connectivity index (χ0v) is 11.6. The van der Waals surface area contributed by atoms with Crippen molar-refractivity contribution in [2.24, 2.45) is 5.73 Å². The molecule has 2 aromatic carbocycles. The topological polar surface area (TPSA) is 38.0 Å². The first kappa shape index (κ1) is 13.5. The Morgan fingerprint density at radius 2 is 1.63 bits per heavy atom. The Labute approximate surface area is 117 Å². The minimum absolute atomic E-state index is 0.292. The van der Waals surface area contributed by atoms with Crippen molar-refractivity contribution in [1.29, 1.82) is 0 Å². The van der Waals surface area contributed by atoms with E-state index in [1.54, 1.807) is 6.07 Å². The summed E-state index contributed by atoms with van der Waals surface area (Å²) in [5.41, 5.74) is 9.43. The summed E-state index contributed by atoms with van der Waals surface area (Å²) in [6.07, 6.45) is 0. The number of hydrogen-bond donors (Lipinski definition) is 2. The summed E-state index contributed by atoms with van der Waals surface area (Å²) in [7, 11) is 0. The maximum Gasteiger partial charge on any atom is 0.146 e. The predicted octanol–water partition coefficient (Wildman–Crippen LogP) is 3.82. The van der Waals surface area contributed by atoms with Crippen molar-refractivity contribution in [1.82, 2.24) is 0 Å².